The van der Waals surface area contributed by atoms with Crippen molar-refractivity contribution in [2.45, 2.75) is 31.6 Å². The van der Waals surface area contributed by atoms with E-state index in [0.29, 0.717) is 11.6 Å². The molecule has 1 heterocycles. The van der Waals surface area contributed by atoms with Crippen molar-refractivity contribution in [3.05, 3.63) is 34.6 Å². The van der Waals surface area contributed by atoms with Crippen molar-refractivity contribution in [2.24, 2.45) is 0 Å². The number of aromatic carboxylic acids is 1. The minimum atomic E-state index is -1.05. The van der Waals surface area contributed by atoms with Gasteiger partial charge in [-0.1, -0.05) is 24.4 Å². The highest BCUT2D eigenvalue weighted by Crippen LogP contribution is 2.33. The van der Waals surface area contributed by atoms with Crippen LogP contribution in [0.3, 0.4) is 0 Å². The van der Waals surface area contributed by atoms with E-state index in [2.05, 4.69) is 15.5 Å². The summed E-state index contributed by atoms with van der Waals surface area (Å²) in [5.41, 5.74) is 0.762. The van der Waals surface area contributed by atoms with Gasteiger partial charge in [0.2, 0.25) is 0 Å². The van der Waals surface area contributed by atoms with E-state index in [4.69, 9.17) is 16.7 Å². The smallest absolute Gasteiger partial charge is 0.337 e. The van der Waals surface area contributed by atoms with Crippen LogP contribution < -0.4 is 0 Å². The maximum absolute atomic E-state index is 11.0. The zero-order chi connectivity index (χ0) is 14.1. The molecule has 3 rings (SSSR count). The first-order valence-corrected chi connectivity index (χ1v) is 6.86. The Morgan fingerprint density at radius 2 is 2.10 bits per heavy atom. The van der Waals surface area contributed by atoms with Crippen molar-refractivity contribution in [1.82, 2.24) is 20.2 Å². The van der Waals surface area contributed by atoms with Gasteiger partial charge >= 0.3 is 5.97 Å². The van der Waals surface area contributed by atoms with Crippen molar-refractivity contribution in [3.8, 4) is 5.69 Å². The Bertz CT molecular complexity index is 650. The van der Waals surface area contributed by atoms with Crippen molar-refractivity contribution in [2.75, 3.05) is 0 Å². The normalized spacial score (nSPS) is 15.7. The third-order valence-electron chi connectivity index (χ3n) is 3.64. The summed E-state index contributed by atoms with van der Waals surface area (Å²) in [6.45, 7) is 0. The van der Waals surface area contributed by atoms with E-state index in [1.165, 1.54) is 18.9 Å². The van der Waals surface area contributed by atoms with Crippen LogP contribution in [0.5, 0.6) is 0 Å². The number of tetrazole rings is 1. The molecule has 0 aliphatic heterocycles. The first-order chi connectivity index (χ1) is 9.66. The van der Waals surface area contributed by atoms with Crippen molar-refractivity contribution >= 4 is 17.6 Å². The summed E-state index contributed by atoms with van der Waals surface area (Å²) in [5, 5.41) is 21.0. The molecule has 0 bridgehead atoms. The van der Waals surface area contributed by atoms with Gasteiger partial charge < -0.3 is 5.11 Å². The molecule has 6 nitrogen and oxygen atoms in total. The molecule has 1 aromatic carbocycles. The highest BCUT2D eigenvalue weighted by atomic mass is 35.5. The Morgan fingerprint density at radius 1 is 1.35 bits per heavy atom. The lowest BCUT2D eigenvalue weighted by atomic mass is 10.1. The molecule has 0 saturated heterocycles. The molecule has 1 saturated carbocycles. The Morgan fingerprint density at radius 3 is 2.75 bits per heavy atom. The molecule has 104 valence electrons. The molecule has 1 aliphatic rings. The van der Waals surface area contributed by atoms with Crippen LogP contribution >= 0.6 is 11.6 Å². The first-order valence-electron chi connectivity index (χ1n) is 6.48. The number of aromatic nitrogens is 4. The van der Waals surface area contributed by atoms with Gasteiger partial charge in [-0.3, -0.25) is 0 Å². The van der Waals surface area contributed by atoms with Crippen LogP contribution in [-0.2, 0) is 0 Å². The average molecular weight is 293 g/mol. The molecule has 0 radical (unpaired) electrons. The molecule has 0 spiro atoms. The first kappa shape index (κ1) is 13.1. The number of carboxylic acids is 1. The Hall–Kier alpha value is -1.95. The summed E-state index contributed by atoms with van der Waals surface area (Å²) < 4.78 is 1.65. The van der Waals surface area contributed by atoms with E-state index in [1.54, 1.807) is 16.8 Å². The zero-order valence-electron chi connectivity index (χ0n) is 10.7. The third-order valence-corrected chi connectivity index (χ3v) is 3.95. The molecule has 0 amide bonds. The SMILES string of the molecule is O=C(O)c1ccc(-n2nnnc2C2CCCC2)cc1Cl. The lowest BCUT2D eigenvalue weighted by Crippen LogP contribution is -2.07. The number of halogens is 1. The topological polar surface area (TPSA) is 80.9 Å². The largest absolute Gasteiger partial charge is 0.478 e. The molecule has 7 heteroatoms. The minimum Gasteiger partial charge on any atom is -0.478 e. The maximum atomic E-state index is 11.0. The number of benzene rings is 1. The summed E-state index contributed by atoms with van der Waals surface area (Å²) in [5.74, 6) is 0.138. The highest BCUT2D eigenvalue weighted by Gasteiger charge is 2.24. The van der Waals surface area contributed by atoms with Crippen molar-refractivity contribution in [1.29, 1.82) is 0 Å². The van der Waals surface area contributed by atoms with Crippen LogP contribution in [0, 0.1) is 0 Å². The van der Waals surface area contributed by atoms with E-state index >= 15 is 0 Å². The second kappa shape index (κ2) is 5.20. The van der Waals surface area contributed by atoms with E-state index in [-0.39, 0.29) is 10.6 Å². The molecule has 1 fully saturated rings. The van der Waals surface area contributed by atoms with Crippen LogP contribution in [0.1, 0.15) is 47.8 Å². The fraction of sp³-hybridized carbons (Fsp3) is 0.385. The Kier molecular flexibility index (Phi) is 3.40. The minimum absolute atomic E-state index is 0.0749. The molecule has 1 N–H and O–H groups in total. The van der Waals surface area contributed by atoms with E-state index in [1.807, 2.05) is 0 Å². The van der Waals surface area contributed by atoms with Gasteiger partial charge in [-0.05, 0) is 41.5 Å². The molecule has 0 unspecified atom stereocenters. The Balaban J connectivity index is 1.99. The number of rotatable bonds is 3. The summed E-state index contributed by atoms with van der Waals surface area (Å²) in [6.07, 6.45) is 4.55. The fourth-order valence-corrected chi connectivity index (χ4v) is 2.88. The summed E-state index contributed by atoms with van der Waals surface area (Å²) in [7, 11) is 0. The fourth-order valence-electron chi connectivity index (χ4n) is 2.63. The van der Waals surface area contributed by atoms with E-state index in [9.17, 15) is 4.79 Å². The molecular weight excluding hydrogens is 280 g/mol. The molecular formula is C13H13ClN4O2. The third kappa shape index (κ3) is 2.27. The predicted octanol–water partition coefficient (Wildman–Crippen LogP) is 2.67. The lowest BCUT2D eigenvalue weighted by molar-refractivity contribution is 0.0697. The summed E-state index contributed by atoms with van der Waals surface area (Å²) in [6, 6.07) is 4.73. The lowest BCUT2D eigenvalue weighted by Gasteiger charge is -2.10. The van der Waals surface area contributed by atoms with Gasteiger partial charge in [0.15, 0.2) is 5.82 Å². The van der Waals surface area contributed by atoms with Crippen LogP contribution in [0.15, 0.2) is 18.2 Å². The molecule has 1 aliphatic carbocycles. The van der Waals surface area contributed by atoms with Crippen LogP contribution in [0.2, 0.25) is 5.02 Å². The Labute approximate surface area is 120 Å². The number of nitrogens with zero attached hydrogens (tertiary/aromatic N) is 4. The predicted molar refractivity (Wildman–Crippen MR) is 72.3 cm³/mol. The second-order valence-electron chi connectivity index (χ2n) is 4.90. The van der Waals surface area contributed by atoms with Crippen molar-refractivity contribution < 1.29 is 9.90 Å². The van der Waals surface area contributed by atoms with E-state index < -0.39 is 5.97 Å². The quantitative estimate of drug-likeness (QED) is 0.940. The van der Waals surface area contributed by atoms with Gasteiger partial charge in [0.05, 0.1) is 16.3 Å². The monoisotopic (exact) mass is 292 g/mol. The summed E-state index contributed by atoms with van der Waals surface area (Å²) >= 11 is 5.99. The zero-order valence-corrected chi connectivity index (χ0v) is 11.4. The molecule has 20 heavy (non-hydrogen) atoms. The number of hydrogen-bond acceptors (Lipinski definition) is 4. The van der Waals surface area contributed by atoms with Crippen LogP contribution in [0.4, 0.5) is 0 Å². The second-order valence-corrected chi connectivity index (χ2v) is 5.31. The summed E-state index contributed by atoms with van der Waals surface area (Å²) in [4.78, 5) is 11.0. The van der Waals surface area contributed by atoms with Crippen LogP contribution in [-0.4, -0.2) is 31.3 Å². The number of hydrogen-bond donors (Lipinski definition) is 1. The van der Waals surface area contributed by atoms with Gasteiger partial charge in [-0.15, -0.1) is 5.10 Å². The van der Waals surface area contributed by atoms with Gasteiger partial charge in [-0.2, -0.15) is 4.68 Å². The molecule has 1 aromatic heterocycles. The molecule has 2 aromatic rings. The maximum Gasteiger partial charge on any atom is 0.337 e. The number of carboxylic acid groups (broad SMARTS) is 1. The van der Waals surface area contributed by atoms with E-state index in [0.717, 1.165) is 18.7 Å². The van der Waals surface area contributed by atoms with Crippen LogP contribution in [0.25, 0.3) is 5.69 Å². The average Bonchev–Trinajstić information content (AvgIpc) is 3.09. The standard InChI is InChI=1S/C13H13ClN4O2/c14-11-7-9(5-6-10(11)13(19)20)18-12(15-16-17-18)8-3-1-2-4-8/h5-8H,1-4H2,(H,19,20). The van der Waals surface area contributed by atoms with Gasteiger partial charge in [0, 0.05) is 5.92 Å². The van der Waals surface area contributed by atoms with Gasteiger partial charge in [0.25, 0.3) is 0 Å². The van der Waals surface area contributed by atoms with Gasteiger partial charge in [0.1, 0.15) is 0 Å². The van der Waals surface area contributed by atoms with Crippen molar-refractivity contribution in [3.63, 3.8) is 0 Å². The molecule has 0 atom stereocenters. The van der Waals surface area contributed by atoms with Gasteiger partial charge in [-0.25, -0.2) is 4.79 Å². The highest BCUT2D eigenvalue weighted by molar-refractivity contribution is 6.33. The number of carbonyl (C=O) groups is 1.